The Labute approximate surface area is 192 Å². The second-order valence-corrected chi connectivity index (χ2v) is 8.25. The fraction of sp³-hybridized carbons (Fsp3) is 0.391. The zero-order chi connectivity index (χ0) is 23.2. The average Bonchev–Trinajstić information content (AvgIpc) is 3.13. The first-order chi connectivity index (χ1) is 16.0. The third-order valence-corrected chi connectivity index (χ3v) is 5.68. The van der Waals surface area contributed by atoms with Gasteiger partial charge in [-0.3, -0.25) is 9.59 Å². The summed E-state index contributed by atoms with van der Waals surface area (Å²) in [7, 11) is 1.97. The lowest BCUT2D eigenvalue weighted by Gasteiger charge is -2.29. The molecule has 1 saturated heterocycles. The molecule has 2 aromatic rings. The van der Waals surface area contributed by atoms with E-state index in [1.165, 1.54) is 6.33 Å². The molecule has 0 bridgehead atoms. The average molecular weight is 452 g/mol. The van der Waals surface area contributed by atoms with Gasteiger partial charge in [-0.25, -0.2) is 9.97 Å². The van der Waals surface area contributed by atoms with Crippen LogP contribution in [0.4, 0.5) is 17.3 Å². The van der Waals surface area contributed by atoms with Gasteiger partial charge in [-0.15, -0.1) is 0 Å². The van der Waals surface area contributed by atoms with Gasteiger partial charge in [0.05, 0.1) is 11.1 Å². The monoisotopic (exact) mass is 451 g/mol. The standard InChI is InChI=1S/C23H29N7O3/c1-29(9-3-6-19(31)32)14-16-4-2-5-17(12-16)25-13-18-20-21(28-23(18)33)26-15-27-22(20)30-10-7-24-8-11-30/h2,4-5,12-13,15,24-25H,3,6-11,14H2,1H3,(H,31,32)(H,26,27,28,33)/b18-13-. The highest BCUT2D eigenvalue weighted by Crippen LogP contribution is 2.36. The minimum atomic E-state index is -0.773. The van der Waals surface area contributed by atoms with Gasteiger partial charge in [-0.05, 0) is 37.7 Å². The summed E-state index contributed by atoms with van der Waals surface area (Å²) >= 11 is 0. The Morgan fingerprint density at radius 1 is 1.30 bits per heavy atom. The molecule has 0 spiro atoms. The fourth-order valence-electron chi connectivity index (χ4n) is 4.07. The molecule has 4 N–H and O–H groups in total. The Hall–Kier alpha value is -3.50. The molecule has 3 heterocycles. The van der Waals surface area contributed by atoms with Crippen LogP contribution in [0.2, 0.25) is 0 Å². The van der Waals surface area contributed by atoms with Crippen molar-refractivity contribution in [3.8, 4) is 0 Å². The molecule has 174 valence electrons. The molecule has 0 aliphatic carbocycles. The number of piperazine rings is 1. The van der Waals surface area contributed by atoms with E-state index in [0.29, 0.717) is 30.9 Å². The molecule has 0 atom stereocenters. The number of benzene rings is 1. The number of carboxylic acid groups (broad SMARTS) is 1. The summed E-state index contributed by atoms with van der Waals surface area (Å²) in [6, 6.07) is 7.95. The van der Waals surface area contributed by atoms with Crippen LogP contribution in [-0.2, 0) is 16.1 Å². The van der Waals surface area contributed by atoms with Crippen molar-refractivity contribution >= 4 is 34.8 Å². The van der Waals surface area contributed by atoms with Crippen LogP contribution in [-0.4, -0.2) is 71.6 Å². The Bertz CT molecular complexity index is 1050. The van der Waals surface area contributed by atoms with Gasteiger partial charge in [0.25, 0.3) is 5.91 Å². The zero-order valence-corrected chi connectivity index (χ0v) is 18.7. The number of nitrogens with one attached hydrogen (secondary N) is 3. The van der Waals surface area contributed by atoms with Crippen molar-refractivity contribution in [3.05, 3.63) is 47.9 Å². The normalized spacial score (nSPS) is 16.7. The van der Waals surface area contributed by atoms with E-state index in [1.54, 1.807) is 6.20 Å². The first-order valence-electron chi connectivity index (χ1n) is 11.1. The molecule has 0 unspecified atom stereocenters. The summed E-state index contributed by atoms with van der Waals surface area (Å²) in [6.07, 6.45) is 3.99. The van der Waals surface area contributed by atoms with Gasteiger partial charge >= 0.3 is 5.97 Å². The second-order valence-electron chi connectivity index (χ2n) is 8.25. The molecule has 4 rings (SSSR count). The number of aliphatic carboxylic acids is 1. The molecule has 2 aliphatic rings. The molecular formula is C23H29N7O3. The van der Waals surface area contributed by atoms with E-state index >= 15 is 0 Å². The molecule has 10 heteroatoms. The maximum Gasteiger partial charge on any atom is 0.303 e. The van der Waals surface area contributed by atoms with Gasteiger partial charge < -0.3 is 30.9 Å². The lowest BCUT2D eigenvalue weighted by Crippen LogP contribution is -2.44. The van der Waals surface area contributed by atoms with Crippen molar-refractivity contribution in [2.24, 2.45) is 0 Å². The summed E-state index contributed by atoms with van der Waals surface area (Å²) in [5, 5.41) is 18.2. The van der Waals surface area contributed by atoms with Crippen molar-refractivity contribution in [3.63, 3.8) is 0 Å². The third-order valence-electron chi connectivity index (χ3n) is 5.68. The first kappa shape index (κ1) is 22.7. The highest BCUT2D eigenvalue weighted by Gasteiger charge is 2.31. The number of fused-ring (bicyclic) bond motifs is 1. The number of aromatic nitrogens is 2. The minimum absolute atomic E-state index is 0.169. The molecule has 0 radical (unpaired) electrons. The lowest BCUT2D eigenvalue weighted by molar-refractivity contribution is -0.137. The highest BCUT2D eigenvalue weighted by atomic mass is 16.4. The van der Waals surface area contributed by atoms with Gasteiger partial charge in [0.15, 0.2) is 0 Å². The number of nitrogens with zero attached hydrogens (tertiary/aromatic N) is 4. The SMILES string of the molecule is CN(CCCC(=O)O)Cc1cccc(N/C=C2\C(=O)Nc3ncnc(N4CCNCC4)c32)c1. The van der Waals surface area contributed by atoms with Crippen LogP contribution in [0.5, 0.6) is 0 Å². The van der Waals surface area contributed by atoms with Crippen LogP contribution >= 0.6 is 0 Å². The predicted octanol–water partition coefficient (Wildman–Crippen LogP) is 1.59. The minimum Gasteiger partial charge on any atom is -0.481 e. The summed E-state index contributed by atoms with van der Waals surface area (Å²) < 4.78 is 0. The number of carbonyl (C=O) groups excluding carboxylic acids is 1. The van der Waals surface area contributed by atoms with Crippen LogP contribution in [0, 0.1) is 0 Å². The number of rotatable bonds is 9. The summed E-state index contributed by atoms with van der Waals surface area (Å²) in [4.78, 5) is 36.4. The van der Waals surface area contributed by atoms with E-state index < -0.39 is 5.97 Å². The van der Waals surface area contributed by atoms with Crippen molar-refractivity contribution in [1.82, 2.24) is 20.2 Å². The highest BCUT2D eigenvalue weighted by molar-refractivity contribution is 6.32. The summed E-state index contributed by atoms with van der Waals surface area (Å²) in [6.45, 7) is 4.79. The van der Waals surface area contributed by atoms with Gasteiger partial charge in [-0.2, -0.15) is 0 Å². The number of hydrogen-bond acceptors (Lipinski definition) is 8. The molecule has 10 nitrogen and oxygen atoms in total. The fourth-order valence-corrected chi connectivity index (χ4v) is 4.07. The van der Waals surface area contributed by atoms with Crippen LogP contribution in [0.25, 0.3) is 5.57 Å². The van der Waals surface area contributed by atoms with Crippen molar-refractivity contribution in [1.29, 1.82) is 0 Å². The van der Waals surface area contributed by atoms with E-state index in [4.69, 9.17) is 5.11 Å². The Balaban J connectivity index is 1.47. The van der Waals surface area contributed by atoms with Crippen LogP contribution in [0.3, 0.4) is 0 Å². The Morgan fingerprint density at radius 3 is 2.91 bits per heavy atom. The second kappa shape index (κ2) is 10.4. The number of carbonyl (C=O) groups is 2. The van der Waals surface area contributed by atoms with E-state index in [1.807, 2.05) is 31.3 Å². The van der Waals surface area contributed by atoms with Gasteiger partial charge in [0.1, 0.15) is 18.0 Å². The molecule has 33 heavy (non-hydrogen) atoms. The van der Waals surface area contributed by atoms with Gasteiger partial charge in [0, 0.05) is 51.0 Å². The molecule has 1 aromatic heterocycles. The van der Waals surface area contributed by atoms with Crippen molar-refractivity contribution < 1.29 is 14.7 Å². The molecule has 1 amide bonds. The third kappa shape index (κ3) is 5.65. The quantitative estimate of drug-likeness (QED) is 0.421. The van der Waals surface area contributed by atoms with Crippen molar-refractivity contribution in [2.45, 2.75) is 19.4 Å². The van der Waals surface area contributed by atoms with Gasteiger partial charge in [-0.1, -0.05) is 12.1 Å². The maximum absolute atomic E-state index is 12.7. The van der Waals surface area contributed by atoms with Crippen LogP contribution < -0.4 is 20.9 Å². The molecule has 1 aromatic carbocycles. The predicted molar refractivity (Wildman–Crippen MR) is 127 cm³/mol. The number of hydrogen-bond donors (Lipinski definition) is 4. The topological polar surface area (TPSA) is 123 Å². The lowest BCUT2D eigenvalue weighted by atomic mass is 10.1. The molecule has 1 fully saturated rings. The summed E-state index contributed by atoms with van der Waals surface area (Å²) in [5.41, 5.74) is 3.19. The smallest absolute Gasteiger partial charge is 0.303 e. The largest absolute Gasteiger partial charge is 0.481 e. The van der Waals surface area contributed by atoms with Crippen molar-refractivity contribution in [2.75, 3.05) is 55.3 Å². The van der Waals surface area contributed by atoms with E-state index in [9.17, 15) is 9.59 Å². The number of anilines is 3. The van der Waals surface area contributed by atoms with E-state index in [0.717, 1.165) is 48.8 Å². The van der Waals surface area contributed by atoms with Crippen LogP contribution in [0.15, 0.2) is 36.8 Å². The maximum atomic E-state index is 12.7. The molecule has 2 aliphatic heterocycles. The Morgan fingerprint density at radius 2 is 2.12 bits per heavy atom. The van der Waals surface area contributed by atoms with E-state index in [2.05, 4.69) is 35.7 Å². The van der Waals surface area contributed by atoms with Crippen LogP contribution in [0.1, 0.15) is 24.0 Å². The Kier molecular flexibility index (Phi) is 7.16. The number of carboxylic acids is 1. The van der Waals surface area contributed by atoms with Gasteiger partial charge in [0.2, 0.25) is 0 Å². The molecule has 0 saturated carbocycles. The van der Waals surface area contributed by atoms with E-state index in [-0.39, 0.29) is 12.3 Å². The summed E-state index contributed by atoms with van der Waals surface area (Å²) in [5.74, 6) is 0.326. The zero-order valence-electron chi connectivity index (χ0n) is 18.7. The number of amides is 1. The molecular weight excluding hydrogens is 422 g/mol. The first-order valence-corrected chi connectivity index (χ1v) is 11.1.